The number of morpholine rings is 1. The molecule has 0 saturated carbocycles. The normalized spacial score (nSPS) is 15.4. The third kappa shape index (κ3) is 3.26. The van der Waals surface area contributed by atoms with E-state index in [0.717, 1.165) is 22.0 Å². The fourth-order valence-corrected chi connectivity index (χ4v) is 3.02. The second-order valence-corrected chi connectivity index (χ2v) is 6.01. The average Bonchev–Trinajstić information content (AvgIpc) is 3.05. The fourth-order valence-electron chi connectivity index (χ4n) is 3.02. The summed E-state index contributed by atoms with van der Waals surface area (Å²) in [6, 6.07) is 12.1. The highest BCUT2D eigenvalue weighted by molar-refractivity contribution is 5.97. The molecule has 0 aliphatic carbocycles. The highest BCUT2D eigenvalue weighted by atomic mass is 19.1. The third-order valence-corrected chi connectivity index (χ3v) is 4.37. The van der Waals surface area contributed by atoms with Gasteiger partial charge in [0.25, 0.3) is 5.91 Å². The number of hydrazine groups is 1. The summed E-state index contributed by atoms with van der Waals surface area (Å²) in [7, 11) is 0. The summed E-state index contributed by atoms with van der Waals surface area (Å²) in [5.74, 6) is -0.398. The van der Waals surface area contributed by atoms with Crippen LogP contribution < -0.4 is 5.43 Å². The summed E-state index contributed by atoms with van der Waals surface area (Å²) in [6.45, 7) is 2.63. The molecule has 3 aromatic rings. The molecule has 1 amide bonds. The topological polar surface area (TPSA) is 57.4 Å². The van der Waals surface area contributed by atoms with E-state index in [1.54, 1.807) is 18.2 Å². The van der Waals surface area contributed by atoms with Gasteiger partial charge in [-0.05, 0) is 35.9 Å². The first-order valence-electron chi connectivity index (χ1n) is 8.21. The van der Waals surface area contributed by atoms with Crippen LogP contribution in [0.5, 0.6) is 0 Å². The zero-order valence-electron chi connectivity index (χ0n) is 13.6. The van der Waals surface area contributed by atoms with Crippen molar-refractivity contribution >= 4 is 16.8 Å². The number of rotatable bonds is 3. The molecular formula is C19H18FN3O2. The van der Waals surface area contributed by atoms with Crippen molar-refractivity contribution in [3.8, 4) is 11.1 Å². The summed E-state index contributed by atoms with van der Waals surface area (Å²) in [5, 5.41) is 2.82. The van der Waals surface area contributed by atoms with Gasteiger partial charge >= 0.3 is 0 Å². The van der Waals surface area contributed by atoms with E-state index in [1.807, 2.05) is 23.3 Å². The molecule has 6 heteroatoms. The van der Waals surface area contributed by atoms with Gasteiger partial charge in [-0.25, -0.2) is 9.40 Å². The van der Waals surface area contributed by atoms with E-state index in [4.69, 9.17) is 4.74 Å². The number of hydrogen-bond donors (Lipinski definition) is 2. The van der Waals surface area contributed by atoms with Gasteiger partial charge in [-0.3, -0.25) is 10.2 Å². The molecule has 1 fully saturated rings. The minimum atomic E-state index is -0.268. The second kappa shape index (κ2) is 6.66. The summed E-state index contributed by atoms with van der Waals surface area (Å²) in [6.07, 6.45) is 1.85. The molecule has 1 aliphatic rings. The molecule has 0 bridgehead atoms. The molecule has 4 rings (SSSR count). The first kappa shape index (κ1) is 15.8. The predicted molar refractivity (Wildman–Crippen MR) is 93.6 cm³/mol. The molecule has 25 heavy (non-hydrogen) atoms. The number of fused-ring (bicyclic) bond motifs is 1. The van der Waals surface area contributed by atoms with Crippen LogP contribution in [0, 0.1) is 5.82 Å². The number of ether oxygens (including phenoxy) is 1. The molecule has 128 valence electrons. The maximum atomic E-state index is 13.3. The van der Waals surface area contributed by atoms with Crippen LogP contribution in [0.2, 0.25) is 0 Å². The van der Waals surface area contributed by atoms with Crippen LogP contribution in [0.4, 0.5) is 4.39 Å². The van der Waals surface area contributed by atoms with E-state index in [9.17, 15) is 9.18 Å². The van der Waals surface area contributed by atoms with E-state index in [-0.39, 0.29) is 11.7 Å². The molecule has 1 aromatic heterocycles. The number of carbonyl (C=O) groups is 1. The second-order valence-electron chi connectivity index (χ2n) is 6.01. The molecule has 2 aromatic carbocycles. The lowest BCUT2D eigenvalue weighted by molar-refractivity contribution is 0.0126. The van der Waals surface area contributed by atoms with Crippen molar-refractivity contribution < 1.29 is 13.9 Å². The van der Waals surface area contributed by atoms with Gasteiger partial charge in [0, 0.05) is 41.3 Å². The van der Waals surface area contributed by atoms with Gasteiger partial charge in [0.2, 0.25) is 0 Å². The van der Waals surface area contributed by atoms with Gasteiger partial charge in [-0.2, -0.15) is 0 Å². The van der Waals surface area contributed by atoms with E-state index in [2.05, 4.69) is 10.4 Å². The average molecular weight is 339 g/mol. The molecular weight excluding hydrogens is 321 g/mol. The van der Waals surface area contributed by atoms with Gasteiger partial charge in [-0.15, -0.1) is 0 Å². The Kier molecular flexibility index (Phi) is 4.21. The number of halogens is 1. The van der Waals surface area contributed by atoms with Gasteiger partial charge < -0.3 is 9.72 Å². The summed E-state index contributed by atoms with van der Waals surface area (Å²) >= 11 is 0. The molecule has 0 spiro atoms. The standard InChI is InChI=1S/C19H18FN3O2/c20-15-5-6-16-17(12-21-18(16)11-15)13-1-3-14(4-2-13)19(24)22-23-7-9-25-10-8-23/h1-6,11-12,21H,7-10H2,(H,22,24). The molecule has 1 aliphatic heterocycles. The molecule has 0 unspecified atom stereocenters. The first-order valence-corrected chi connectivity index (χ1v) is 8.21. The van der Waals surface area contributed by atoms with Crippen molar-refractivity contribution in [2.24, 2.45) is 0 Å². The van der Waals surface area contributed by atoms with Crippen molar-refractivity contribution in [1.29, 1.82) is 0 Å². The van der Waals surface area contributed by atoms with Crippen LogP contribution in [-0.2, 0) is 4.74 Å². The maximum Gasteiger partial charge on any atom is 0.265 e. The van der Waals surface area contributed by atoms with Crippen LogP contribution in [0.25, 0.3) is 22.0 Å². The Morgan fingerprint density at radius 2 is 1.88 bits per heavy atom. The molecule has 2 N–H and O–H groups in total. The highest BCUT2D eigenvalue weighted by Gasteiger charge is 2.14. The Morgan fingerprint density at radius 1 is 1.12 bits per heavy atom. The molecule has 1 saturated heterocycles. The number of benzene rings is 2. The zero-order valence-corrected chi connectivity index (χ0v) is 13.6. The van der Waals surface area contributed by atoms with Crippen LogP contribution in [0.1, 0.15) is 10.4 Å². The lowest BCUT2D eigenvalue weighted by Gasteiger charge is -2.26. The number of nitrogens with one attached hydrogen (secondary N) is 2. The monoisotopic (exact) mass is 339 g/mol. The largest absolute Gasteiger partial charge is 0.379 e. The zero-order chi connectivity index (χ0) is 17.2. The minimum Gasteiger partial charge on any atom is -0.379 e. The van der Waals surface area contributed by atoms with Gasteiger partial charge in [-0.1, -0.05) is 12.1 Å². The van der Waals surface area contributed by atoms with Crippen LogP contribution in [0.3, 0.4) is 0 Å². The Bertz CT molecular complexity index is 899. The van der Waals surface area contributed by atoms with E-state index < -0.39 is 0 Å². The number of nitrogens with zero attached hydrogens (tertiary/aromatic N) is 1. The Labute approximate surface area is 144 Å². The van der Waals surface area contributed by atoms with Crippen LogP contribution in [-0.4, -0.2) is 42.2 Å². The third-order valence-electron chi connectivity index (χ3n) is 4.37. The molecule has 2 heterocycles. The summed E-state index contributed by atoms with van der Waals surface area (Å²) < 4.78 is 18.6. The first-order chi connectivity index (χ1) is 12.2. The van der Waals surface area contributed by atoms with Crippen LogP contribution >= 0.6 is 0 Å². The van der Waals surface area contributed by atoms with E-state index in [1.165, 1.54) is 12.1 Å². The quantitative estimate of drug-likeness (QED) is 0.771. The highest BCUT2D eigenvalue weighted by Crippen LogP contribution is 2.29. The number of hydrogen-bond acceptors (Lipinski definition) is 3. The Balaban J connectivity index is 1.53. The smallest absolute Gasteiger partial charge is 0.265 e. The number of carbonyl (C=O) groups excluding carboxylic acids is 1. The molecule has 0 atom stereocenters. The van der Waals surface area contributed by atoms with E-state index >= 15 is 0 Å². The number of aromatic amines is 1. The van der Waals surface area contributed by atoms with E-state index in [0.29, 0.717) is 31.9 Å². The van der Waals surface area contributed by atoms with Gasteiger partial charge in [0.05, 0.1) is 13.2 Å². The summed E-state index contributed by atoms with van der Waals surface area (Å²) in [4.78, 5) is 15.4. The minimum absolute atomic E-state index is 0.130. The van der Waals surface area contributed by atoms with Crippen molar-refractivity contribution in [3.05, 3.63) is 60.0 Å². The predicted octanol–water partition coefficient (Wildman–Crippen LogP) is 2.95. The summed E-state index contributed by atoms with van der Waals surface area (Å²) in [5.41, 5.74) is 6.20. The van der Waals surface area contributed by atoms with Crippen molar-refractivity contribution in [3.63, 3.8) is 0 Å². The molecule has 5 nitrogen and oxygen atoms in total. The number of aromatic nitrogens is 1. The van der Waals surface area contributed by atoms with Crippen LogP contribution in [0.15, 0.2) is 48.7 Å². The Hall–Kier alpha value is -2.70. The SMILES string of the molecule is O=C(NN1CCOCC1)c1ccc(-c2c[nH]c3cc(F)ccc23)cc1. The lowest BCUT2D eigenvalue weighted by atomic mass is 10.0. The number of H-pyrrole nitrogens is 1. The van der Waals surface area contributed by atoms with Crippen molar-refractivity contribution in [2.45, 2.75) is 0 Å². The molecule has 0 radical (unpaired) electrons. The van der Waals surface area contributed by atoms with Crippen molar-refractivity contribution in [1.82, 2.24) is 15.4 Å². The van der Waals surface area contributed by atoms with Gasteiger partial charge in [0.15, 0.2) is 0 Å². The Morgan fingerprint density at radius 3 is 2.64 bits per heavy atom. The maximum absolute atomic E-state index is 13.3. The van der Waals surface area contributed by atoms with Gasteiger partial charge in [0.1, 0.15) is 5.82 Å². The fraction of sp³-hybridized carbons (Fsp3) is 0.211. The number of amides is 1. The van der Waals surface area contributed by atoms with Crippen molar-refractivity contribution in [2.75, 3.05) is 26.3 Å². The lowest BCUT2D eigenvalue weighted by Crippen LogP contribution is -2.48.